The Morgan fingerprint density at radius 1 is 0.892 bits per heavy atom. The molecule has 3 rings (SSSR count). The van der Waals surface area contributed by atoms with Crippen molar-refractivity contribution in [3.8, 4) is 0 Å². The molecule has 204 valence electrons. The normalized spacial score (nSPS) is 18.6. The Balaban J connectivity index is 1.92. The molecular formula is C32H48N2O3. The number of nitrogens with one attached hydrogen (secondary N) is 2. The van der Waals surface area contributed by atoms with E-state index in [4.69, 9.17) is 4.74 Å². The molecule has 1 heterocycles. The summed E-state index contributed by atoms with van der Waals surface area (Å²) < 4.78 is 5.69. The van der Waals surface area contributed by atoms with Crippen LogP contribution in [0.2, 0.25) is 0 Å². The van der Waals surface area contributed by atoms with E-state index in [1.54, 1.807) is 0 Å². The van der Waals surface area contributed by atoms with Gasteiger partial charge in [-0.25, -0.2) is 4.79 Å². The molecule has 0 saturated carbocycles. The van der Waals surface area contributed by atoms with Gasteiger partial charge in [-0.05, 0) is 52.3 Å². The zero-order valence-electron chi connectivity index (χ0n) is 24.0. The summed E-state index contributed by atoms with van der Waals surface area (Å²) in [5.74, 6) is 0. The predicted molar refractivity (Wildman–Crippen MR) is 152 cm³/mol. The molecule has 37 heavy (non-hydrogen) atoms. The maximum absolute atomic E-state index is 12.5. The summed E-state index contributed by atoms with van der Waals surface area (Å²) in [7, 11) is 0. The number of hydrogen-bond acceptors (Lipinski definition) is 4. The number of hydrogen-bond donors (Lipinski definition) is 3. The topological polar surface area (TPSA) is 70.6 Å². The minimum absolute atomic E-state index is 0.0692. The lowest BCUT2D eigenvalue weighted by Crippen LogP contribution is -2.46. The van der Waals surface area contributed by atoms with Gasteiger partial charge in [0.25, 0.3) is 0 Å². The van der Waals surface area contributed by atoms with Crippen molar-refractivity contribution in [1.29, 1.82) is 0 Å². The maximum Gasteiger partial charge on any atom is 0.407 e. The number of unbranched alkanes of at least 4 members (excludes halogenated alkanes) is 1. The van der Waals surface area contributed by atoms with Crippen LogP contribution in [-0.2, 0) is 21.2 Å². The highest BCUT2D eigenvalue weighted by molar-refractivity contribution is 5.67. The van der Waals surface area contributed by atoms with Gasteiger partial charge >= 0.3 is 6.09 Å². The van der Waals surface area contributed by atoms with Crippen LogP contribution in [0.3, 0.4) is 0 Å². The first kappa shape index (κ1) is 29.2. The van der Waals surface area contributed by atoms with Gasteiger partial charge in [-0.15, -0.1) is 0 Å². The SMILES string of the molecule is CCCCNC(=O)O[C@H]1CNC(C(O)(c2ccc(C(C)(C)CC)cc2)c2ccc(C(C)(C)CC)cc2)C1. The zero-order valence-corrected chi connectivity index (χ0v) is 24.0. The molecule has 1 aliphatic heterocycles. The number of benzene rings is 2. The number of carbonyl (C=O) groups excluding carboxylic acids is 1. The van der Waals surface area contributed by atoms with E-state index >= 15 is 0 Å². The minimum Gasteiger partial charge on any atom is -0.445 e. The molecule has 1 amide bonds. The van der Waals surface area contributed by atoms with Gasteiger partial charge in [0.1, 0.15) is 11.7 Å². The molecule has 0 spiro atoms. The average Bonchev–Trinajstić information content (AvgIpc) is 3.37. The molecule has 0 radical (unpaired) electrons. The highest BCUT2D eigenvalue weighted by Gasteiger charge is 2.45. The lowest BCUT2D eigenvalue weighted by atomic mass is 9.75. The third kappa shape index (κ3) is 6.56. The summed E-state index contributed by atoms with van der Waals surface area (Å²) in [4.78, 5) is 12.3. The second kappa shape index (κ2) is 12.0. The summed E-state index contributed by atoms with van der Waals surface area (Å²) in [5.41, 5.74) is 3.07. The van der Waals surface area contributed by atoms with Crippen LogP contribution >= 0.6 is 0 Å². The maximum atomic E-state index is 12.5. The smallest absolute Gasteiger partial charge is 0.407 e. The summed E-state index contributed by atoms with van der Waals surface area (Å²) >= 11 is 0. The van der Waals surface area contributed by atoms with Crippen LogP contribution in [0.15, 0.2) is 48.5 Å². The molecular weight excluding hydrogens is 460 g/mol. The number of alkyl carbamates (subject to hydrolysis) is 1. The number of ether oxygens (including phenoxy) is 1. The fourth-order valence-corrected chi connectivity index (χ4v) is 5.00. The van der Waals surface area contributed by atoms with E-state index in [1.807, 2.05) is 0 Å². The molecule has 0 aromatic heterocycles. The number of aliphatic hydroxyl groups is 1. The quantitative estimate of drug-likeness (QED) is 0.301. The van der Waals surface area contributed by atoms with E-state index in [9.17, 15) is 9.90 Å². The van der Waals surface area contributed by atoms with Crippen LogP contribution in [-0.4, -0.2) is 36.4 Å². The Kier molecular flexibility index (Phi) is 9.47. The standard InChI is InChI=1S/C32H48N2O3/c1-8-11-20-33-29(35)37-27-21-28(34-22-27)32(36,25-16-12-23(13-17-25)30(4,5)9-2)26-18-14-24(15-19-26)31(6,7)10-3/h12-19,27-28,34,36H,8-11,20-22H2,1-7H3,(H,33,35)/t27-,28?/m1/s1. The Morgan fingerprint density at radius 2 is 1.35 bits per heavy atom. The van der Waals surface area contributed by atoms with E-state index < -0.39 is 5.60 Å². The van der Waals surface area contributed by atoms with Crippen LogP contribution in [0.4, 0.5) is 4.79 Å². The van der Waals surface area contributed by atoms with Crippen LogP contribution in [0.1, 0.15) is 103 Å². The first-order chi connectivity index (χ1) is 17.5. The molecule has 2 aromatic carbocycles. The van der Waals surface area contributed by atoms with E-state index in [0.29, 0.717) is 19.5 Å². The molecule has 1 fully saturated rings. The van der Waals surface area contributed by atoms with E-state index in [1.165, 1.54) is 11.1 Å². The lowest BCUT2D eigenvalue weighted by molar-refractivity contribution is 0.0372. The summed E-state index contributed by atoms with van der Waals surface area (Å²) in [6.45, 7) is 16.6. The zero-order chi connectivity index (χ0) is 27.3. The van der Waals surface area contributed by atoms with Gasteiger partial charge in [0.15, 0.2) is 0 Å². The van der Waals surface area contributed by atoms with Crippen molar-refractivity contribution in [3.63, 3.8) is 0 Å². The van der Waals surface area contributed by atoms with Crippen molar-refractivity contribution in [1.82, 2.24) is 10.6 Å². The fourth-order valence-electron chi connectivity index (χ4n) is 5.00. The van der Waals surface area contributed by atoms with Crippen LogP contribution < -0.4 is 10.6 Å². The molecule has 1 saturated heterocycles. The Labute approximate surface area is 224 Å². The second-order valence-electron chi connectivity index (χ2n) is 11.9. The van der Waals surface area contributed by atoms with Gasteiger partial charge in [0, 0.05) is 25.6 Å². The van der Waals surface area contributed by atoms with Crippen LogP contribution in [0, 0.1) is 0 Å². The van der Waals surface area contributed by atoms with E-state index in [0.717, 1.165) is 36.8 Å². The van der Waals surface area contributed by atoms with Gasteiger partial charge in [-0.3, -0.25) is 0 Å². The third-order valence-corrected chi connectivity index (χ3v) is 8.65. The first-order valence-electron chi connectivity index (χ1n) is 14.1. The largest absolute Gasteiger partial charge is 0.445 e. The van der Waals surface area contributed by atoms with E-state index in [-0.39, 0.29) is 29.1 Å². The van der Waals surface area contributed by atoms with Crippen molar-refractivity contribution in [2.45, 2.75) is 109 Å². The van der Waals surface area contributed by atoms with Gasteiger partial charge in [-0.2, -0.15) is 0 Å². The van der Waals surface area contributed by atoms with Crippen LogP contribution in [0.5, 0.6) is 0 Å². The highest BCUT2D eigenvalue weighted by atomic mass is 16.6. The predicted octanol–water partition coefficient (Wildman–Crippen LogP) is 6.55. The molecule has 5 nitrogen and oxygen atoms in total. The minimum atomic E-state index is -1.26. The molecule has 2 atom stereocenters. The Hall–Kier alpha value is -2.37. The molecule has 0 bridgehead atoms. The fraction of sp³-hybridized carbons (Fsp3) is 0.594. The van der Waals surface area contributed by atoms with Crippen molar-refractivity contribution < 1.29 is 14.6 Å². The molecule has 1 aliphatic rings. The molecule has 2 aromatic rings. The number of amides is 1. The van der Waals surface area contributed by atoms with E-state index in [2.05, 4.69) is 108 Å². The van der Waals surface area contributed by atoms with Gasteiger partial charge in [-0.1, -0.05) is 103 Å². The lowest BCUT2D eigenvalue weighted by Gasteiger charge is -2.36. The van der Waals surface area contributed by atoms with Gasteiger partial charge in [0.05, 0.1) is 0 Å². The molecule has 5 heteroatoms. The summed E-state index contributed by atoms with van der Waals surface area (Å²) in [6, 6.07) is 16.5. The third-order valence-electron chi connectivity index (χ3n) is 8.65. The highest BCUT2D eigenvalue weighted by Crippen LogP contribution is 2.39. The van der Waals surface area contributed by atoms with Crippen molar-refractivity contribution in [3.05, 3.63) is 70.8 Å². The molecule has 0 aliphatic carbocycles. The Bertz CT molecular complexity index is 952. The second-order valence-corrected chi connectivity index (χ2v) is 11.9. The van der Waals surface area contributed by atoms with Crippen molar-refractivity contribution in [2.75, 3.05) is 13.1 Å². The van der Waals surface area contributed by atoms with Crippen LogP contribution in [0.25, 0.3) is 0 Å². The first-order valence-corrected chi connectivity index (χ1v) is 14.1. The van der Waals surface area contributed by atoms with Crippen molar-refractivity contribution >= 4 is 6.09 Å². The van der Waals surface area contributed by atoms with Gasteiger partial charge in [0.2, 0.25) is 0 Å². The average molecular weight is 509 g/mol. The van der Waals surface area contributed by atoms with Crippen molar-refractivity contribution in [2.24, 2.45) is 0 Å². The van der Waals surface area contributed by atoms with Gasteiger partial charge < -0.3 is 20.5 Å². The number of rotatable bonds is 11. The summed E-state index contributed by atoms with van der Waals surface area (Å²) in [5, 5.41) is 18.8. The molecule has 3 N–H and O–H groups in total. The Morgan fingerprint density at radius 3 is 1.78 bits per heavy atom. The summed E-state index contributed by atoms with van der Waals surface area (Å²) in [6.07, 6.45) is 3.86. The number of carbonyl (C=O) groups is 1. The monoisotopic (exact) mass is 508 g/mol. The molecule has 1 unspecified atom stereocenters.